The molecule has 1 aromatic rings. The van der Waals surface area contributed by atoms with E-state index in [1.165, 1.54) is 19.2 Å². The van der Waals surface area contributed by atoms with Crippen molar-refractivity contribution in [1.82, 2.24) is 15.2 Å². The normalized spacial score (nSPS) is 22.7. The lowest BCUT2D eigenvalue weighted by atomic mass is 10.0. The van der Waals surface area contributed by atoms with Gasteiger partial charge < -0.3 is 10.2 Å². The summed E-state index contributed by atoms with van der Waals surface area (Å²) in [5, 5.41) is 2.28. The quantitative estimate of drug-likeness (QED) is 0.826. The van der Waals surface area contributed by atoms with E-state index in [2.05, 4.69) is 15.2 Å². The highest BCUT2D eigenvalue weighted by Gasteiger charge is 2.39. The zero-order valence-corrected chi connectivity index (χ0v) is 14.5. The summed E-state index contributed by atoms with van der Waals surface area (Å²) < 4.78 is 53.7. The van der Waals surface area contributed by atoms with Gasteiger partial charge in [0.2, 0.25) is 0 Å². The Balaban J connectivity index is 1.76. The first-order valence-electron chi connectivity index (χ1n) is 8.73. The summed E-state index contributed by atoms with van der Waals surface area (Å²) in [5.41, 5.74) is -1.31. The van der Waals surface area contributed by atoms with Crippen LogP contribution in [0.15, 0.2) is 12.1 Å². The number of halogens is 4. The lowest BCUT2D eigenvalue weighted by Crippen LogP contribution is -2.44. The molecule has 1 aromatic heterocycles. The minimum atomic E-state index is -4.65. The molecule has 1 unspecified atom stereocenters. The van der Waals surface area contributed by atoms with Crippen LogP contribution >= 0.6 is 0 Å². The molecule has 0 aliphatic carbocycles. The Morgan fingerprint density at radius 2 is 1.88 bits per heavy atom. The second-order valence-corrected chi connectivity index (χ2v) is 6.74. The number of rotatable bonds is 3. The summed E-state index contributed by atoms with van der Waals surface area (Å²) in [6.45, 7) is 2.02. The Labute approximate surface area is 149 Å². The number of amides is 1. The third-order valence-corrected chi connectivity index (χ3v) is 5.09. The van der Waals surface area contributed by atoms with E-state index in [0.29, 0.717) is 45.4 Å². The second kappa shape index (κ2) is 7.38. The number of anilines is 1. The van der Waals surface area contributed by atoms with Gasteiger partial charge in [-0.3, -0.25) is 9.69 Å². The largest absolute Gasteiger partial charge is 0.435 e. The first-order chi connectivity index (χ1) is 12.3. The fraction of sp³-hybridized carbons (Fsp3) is 0.647. The second-order valence-electron chi connectivity index (χ2n) is 6.74. The van der Waals surface area contributed by atoms with Gasteiger partial charge >= 0.3 is 6.18 Å². The molecule has 0 aromatic carbocycles. The van der Waals surface area contributed by atoms with Crippen LogP contribution < -0.4 is 10.2 Å². The van der Waals surface area contributed by atoms with Crippen molar-refractivity contribution in [3.05, 3.63) is 23.5 Å². The van der Waals surface area contributed by atoms with E-state index < -0.39 is 23.9 Å². The molecule has 1 atom stereocenters. The van der Waals surface area contributed by atoms with Gasteiger partial charge in [-0.15, -0.1) is 0 Å². The molecule has 2 aliphatic heterocycles. The van der Waals surface area contributed by atoms with Gasteiger partial charge in [-0.25, -0.2) is 9.37 Å². The number of carbonyl (C=O) groups is 1. The summed E-state index contributed by atoms with van der Waals surface area (Å²) in [5.74, 6) is -0.657. The summed E-state index contributed by atoms with van der Waals surface area (Å²) in [6.07, 6.45) is -3.55. The molecule has 0 radical (unpaired) electrons. The predicted molar refractivity (Wildman–Crippen MR) is 89.0 cm³/mol. The van der Waals surface area contributed by atoms with Crippen molar-refractivity contribution in [2.24, 2.45) is 0 Å². The Morgan fingerprint density at radius 3 is 2.42 bits per heavy atom. The van der Waals surface area contributed by atoms with Gasteiger partial charge in [0, 0.05) is 39.3 Å². The van der Waals surface area contributed by atoms with E-state index >= 15 is 0 Å². The molecule has 2 fully saturated rings. The number of likely N-dealkylation sites (tertiary alicyclic amines) is 1. The van der Waals surface area contributed by atoms with Crippen molar-refractivity contribution < 1.29 is 22.4 Å². The van der Waals surface area contributed by atoms with Crippen LogP contribution in [0.4, 0.5) is 23.2 Å². The number of nitrogens with zero attached hydrogens (tertiary/aromatic N) is 3. The summed E-state index contributed by atoms with van der Waals surface area (Å²) in [7, 11) is 1.34. The number of carbonyl (C=O) groups excluding carboxylic acids is 1. The fourth-order valence-corrected chi connectivity index (χ4v) is 3.72. The minimum absolute atomic E-state index is 0.00612. The van der Waals surface area contributed by atoms with Crippen molar-refractivity contribution in [3.63, 3.8) is 0 Å². The first-order valence-corrected chi connectivity index (χ1v) is 8.73. The van der Waals surface area contributed by atoms with Crippen LogP contribution in [0.25, 0.3) is 0 Å². The van der Waals surface area contributed by atoms with Gasteiger partial charge in [0.25, 0.3) is 5.91 Å². The smallest absolute Gasteiger partial charge is 0.370 e. The Morgan fingerprint density at radius 1 is 1.19 bits per heavy atom. The molecular formula is C17H22F4N4O. The van der Waals surface area contributed by atoms with Crippen LogP contribution in [0.5, 0.6) is 0 Å². The van der Waals surface area contributed by atoms with Crippen molar-refractivity contribution in [3.8, 4) is 0 Å². The molecule has 5 nitrogen and oxygen atoms in total. The van der Waals surface area contributed by atoms with E-state index in [4.69, 9.17) is 0 Å². The average molecular weight is 374 g/mol. The molecule has 1 amide bonds. The predicted octanol–water partition coefficient (Wildman–Crippen LogP) is 2.47. The molecule has 2 aliphatic rings. The van der Waals surface area contributed by atoms with E-state index in [-0.39, 0.29) is 17.4 Å². The average Bonchev–Trinajstić information content (AvgIpc) is 3.06. The maximum absolute atomic E-state index is 13.4. The number of hydrogen-bond acceptors (Lipinski definition) is 4. The summed E-state index contributed by atoms with van der Waals surface area (Å²) in [4.78, 5) is 18.9. The fourth-order valence-electron chi connectivity index (χ4n) is 3.72. The highest BCUT2D eigenvalue weighted by atomic mass is 19.4. The number of aromatic nitrogens is 1. The van der Waals surface area contributed by atoms with Crippen LogP contribution in [0.3, 0.4) is 0 Å². The standard InChI is InChI=1S/C17H22F4N4O/c1-22-16(26)13-2-3-14(15(23-13)17(19,20)21)24-8-5-12(6-9-24)25-7-4-11(18)10-25/h2-3,11-12H,4-10H2,1H3,(H,22,26). The molecule has 2 saturated heterocycles. The van der Waals surface area contributed by atoms with Crippen LogP contribution in [0.2, 0.25) is 0 Å². The highest BCUT2D eigenvalue weighted by Crippen LogP contribution is 2.37. The summed E-state index contributed by atoms with van der Waals surface area (Å²) >= 11 is 0. The van der Waals surface area contributed by atoms with Crippen LogP contribution in [-0.4, -0.2) is 61.2 Å². The SMILES string of the molecule is CNC(=O)c1ccc(N2CCC(N3CCC(F)C3)CC2)c(C(F)(F)F)n1. The maximum atomic E-state index is 13.4. The van der Waals surface area contributed by atoms with Crippen LogP contribution in [0.1, 0.15) is 35.4 Å². The van der Waals surface area contributed by atoms with E-state index in [1.807, 2.05) is 0 Å². The van der Waals surface area contributed by atoms with Gasteiger partial charge in [-0.1, -0.05) is 0 Å². The molecule has 0 spiro atoms. The number of nitrogens with one attached hydrogen (secondary N) is 1. The van der Waals surface area contributed by atoms with Gasteiger partial charge in [0.1, 0.15) is 11.9 Å². The van der Waals surface area contributed by atoms with Crippen molar-refractivity contribution in [1.29, 1.82) is 0 Å². The zero-order valence-electron chi connectivity index (χ0n) is 14.5. The Kier molecular flexibility index (Phi) is 5.36. The van der Waals surface area contributed by atoms with E-state index in [0.717, 1.165) is 0 Å². The number of piperidine rings is 1. The summed E-state index contributed by atoms with van der Waals surface area (Å²) in [6, 6.07) is 2.83. The minimum Gasteiger partial charge on any atom is -0.370 e. The van der Waals surface area contributed by atoms with Gasteiger partial charge in [-0.05, 0) is 31.4 Å². The molecule has 144 valence electrons. The maximum Gasteiger partial charge on any atom is 0.435 e. The molecule has 26 heavy (non-hydrogen) atoms. The Hall–Kier alpha value is -1.90. The lowest BCUT2D eigenvalue weighted by Gasteiger charge is -2.38. The monoisotopic (exact) mass is 374 g/mol. The molecule has 3 heterocycles. The third kappa shape index (κ3) is 3.92. The zero-order chi connectivity index (χ0) is 18.9. The third-order valence-electron chi connectivity index (χ3n) is 5.09. The van der Waals surface area contributed by atoms with Gasteiger partial charge in [0.15, 0.2) is 5.69 Å². The lowest BCUT2D eigenvalue weighted by molar-refractivity contribution is -0.140. The van der Waals surface area contributed by atoms with Crippen molar-refractivity contribution >= 4 is 11.6 Å². The van der Waals surface area contributed by atoms with Crippen LogP contribution in [0, 0.1) is 0 Å². The molecule has 0 saturated carbocycles. The molecule has 9 heteroatoms. The van der Waals surface area contributed by atoms with Crippen LogP contribution in [-0.2, 0) is 6.18 Å². The molecule has 1 N–H and O–H groups in total. The van der Waals surface area contributed by atoms with Crippen molar-refractivity contribution in [2.45, 2.75) is 37.7 Å². The molecular weight excluding hydrogens is 352 g/mol. The topological polar surface area (TPSA) is 48.5 Å². The first kappa shape index (κ1) is 18.9. The molecule has 3 rings (SSSR count). The number of pyridine rings is 1. The van der Waals surface area contributed by atoms with Gasteiger partial charge in [-0.2, -0.15) is 13.2 Å². The van der Waals surface area contributed by atoms with Gasteiger partial charge in [0.05, 0.1) is 5.69 Å². The number of alkyl halides is 4. The Bertz CT molecular complexity index is 659. The van der Waals surface area contributed by atoms with Crippen molar-refractivity contribution in [2.75, 3.05) is 38.1 Å². The van der Waals surface area contributed by atoms with E-state index in [1.54, 1.807) is 4.90 Å². The number of hydrogen-bond donors (Lipinski definition) is 1. The van der Waals surface area contributed by atoms with E-state index in [9.17, 15) is 22.4 Å². The highest BCUT2D eigenvalue weighted by molar-refractivity contribution is 5.92. The molecule has 0 bridgehead atoms.